The molecule has 1 aromatic carbocycles. The van der Waals surface area contributed by atoms with Crippen molar-refractivity contribution in [3.8, 4) is 0 Å². The summed E-state index contributed by atoms with van der Waals surface area (Å²) >= 11 is 1.58. The number of rotatable bonds is 5. The Morgan fingerprint density at radius 3 is 2.65 bits per heavy atom. The SMILES string of the molecule is C[C@H](Sc1ccccc1)C(=O)N(C)Cc1cccnc1. The van der Waals surface area contributed by atoms with E-state index in [1.165, 1.54) is 0 Å². The topological polar surface area (TPSA) is 33.2 Å². The summed E-state index contributed by atoms with van der Waals surface area (Å²) in [6.07, 6.45) is 3.53. The van der Waals surface area contributed by atoms with Gasteiger partial charge < -0.3 is 4.90 Å². The molecule has 104 valence electrons. The van der Waals surface area contributed by atoms with Crippen LogP contribution in [-0.4, -0.2) is 28.1 Å². The molecule has 0 aliphatic carbocycles. The highest BCUT2D eigenvalue weighted by Crippen LogP contribution is 2.24. The van der Waals surface area contributed by atoms with Gasteiger partial charge in [-0.3, -0.25) is 9.78 Å². The fourth-order valence-corrected chi connectivity index (χ4v) is 2.91. The standard InChI is InChI=1S/C16H18N2OS/c1-13(20-15-8-4-3-5-9-15)16(19)18(2)12-14-7-6-10-17-11-14/h3-11,13H,12H2,1-2H3/t13-/m0/s1. The van der Waals surface area contributed by atoms with Gasteiger partial charge in [0, 0.05) is 30.9 Å². The van der Waals surface area contributed by atoms with Crippen molar-refractivity contribution >= 4 is 17.7 Å². The first-order valence-electron chi connectivity index (χ1n) is 6.52. The van der Waals surface area contributed by atoms with E-state index < -0.39 is 0 Å². The number of hydrogen-bond acceptors (Lipinski definition) is 3. The van der Waals surface area contributed by atoms with Crippen LogP contribution >= 0.6 is 11.8 Å². The van der Waals surface area contributed by atoms with Crippen LogP contribution in [0, 0.1) is 0 Å². The molecule has 0 fully saturated rings. The minimum atomic E-state index is -0.0981. The molecule has 1 amide bonds. The number of benzene rings is 1. The monoisotopic (exact) mass is 286 g/mol. The number of aromatic nitrogens is 1. The number of amides is 1. The maximum atomic E-state index is 12.3. The summed E-state index contributed by atoms with van der Waals surface area (Å²) in [5.74, 6) is 0.128. The molecule has 0 bridgehead atoms. The van der Waals surface area contributed by atoms with Gasteiger partial charge in [0.2, 0.25) is 5.91 Å². The zero-order valence-corrected chi connectivity index (χ0v) is 12.5. The van der Waals surface area contributed by atoms with Crippen molar-refractivity contribution in [2.24, 2.45) is 0 Å². The van der Waals surface area contributed by atoms with E-state index in [2.05, 4.69) is 4.98 Å². The average Bonchev–Trinajstić information content (AvgIpc) is 2.48. The van der Waals surface area contributed by atoms with Crippen molar-refractivity contribution in [2.45, 2.75) is 23.6 Å². The molecule has 0 saturated carbocycles. The Bertz CT molecular complexity index is 495. The van der Waals surface area contributed by atoms with E-state index in [1.54, 1.807) is 29.1 Å². The lowest BCUT2D eigenvalue weighted by molar-refractivity contribution is -0.129. The van der Waals surface area contributed by atoms with Crippen LogP contribution in [0.2, 0.25) is 0 Å². The lowest BCUT2D eigenvalue weighted by atomic mass is 10.2. The predicted molar refractivity (Wildman–Crippen MR) is 82.5 cm³/mol. The van der Waals surface area contributed by atoms with Gasteiger partial charge in [-0.2, -0.15) is 0 Å². The van der Waals surface area contributed by atoms with Gasteiger partial charge in [0.25, 0.3) is 0 Å². The van der Waals surface area contributed by atoms with Gasteiger partial charge in [0.05, 0.1) is 5.25 Å². The van der Waals surface area contributed by atoms with Crippen LogP contribution in [-0.2, 0) is 11.3 Å². The van der Waals surface area contributed by atoms with Gasteiger partial charge in [0.15, 0.2) is 0 Å². The molecular formula is C16H18N2OS. The highest BCUT2D eigenvalue weighted by molar-refractivity contribution is 8.00. The largest absolute Gasteiger partial charge is 0.340 e. The summed E-state index contributed by atoms with van der Waals surface area (Å²) in [5, 5.41) is -0.0981. The number of carbonyl (C=O) groups excluding carboxylic acids is 1. The van der Waals surface area contributed by atoms with E-state index in [0.29, 0.717) is 6.54 Å². The fourth-order valence-electron chi connectivity index (χ4n) is 1.91. The molecular weight excluding hydrogens is 268 g/mol. The summed E-state index contributed by atoms with van der Waals surface area (Å²) in [6.45, 7) is 2.53. The minimum absolute atomic E-state index is 0.0981. The van der Waals surface area contributed by atoms with Gasteiger partial charge in [-0.1, -0.05) is 24.3 Å². The van der Waals surface area contributed by atoms with E-state index in [-0.39, 0.29) is 11.2 Å². The molecule has 0 aliphatic heterocycles. The number of thioether (sulfide) groups is 1. The van der Waals surface area contributed by atoms with Crippen molar-refractivity contribution in [2.75, 3.05) is 7.05 Å². The summed E-state index contributed by atoms with van der Waals surface area (Å²) < 4.78 is 0. The Labute approximate surface area is 124 Å². The van der Waals surface area contributed by atoms with E-state index in [1.807, 2.05) is 56.4 Å². The zero-order chi connectivity index (χ0) is 14.4. The van der Waals surface area contributed by atoms with Crippen molar-refractivity contribution in [3.63, 3.8) is 0 Å². The second-order valence-corrected chi connectivity index (χ2v) is 6.04. The van der Waals surface area contributed by atoms with E-state index >= 15 is 0 Å². The molecule has 3 nitrogen and oxygen atoms in total. The van der Waals surface area contributed by atoms with Gasteiger partial charge >= 0.3 is 0 Å². The Morgan fingerprint density at radius 2 is 2.00 bits per heavy atom. The van der Waals surface area contributed by atoms with Crippen LogP contribution in [0.1, 0.15) is 12.5 Å². The smallest absolute Gasteiger partial charge is 0.235 e. The number of carbonyl (C=O) groups is 1. The first-order valence-corrected chi connectivity index (χ1v) is 7.40. The lowest BCUT2D eigenvalue weighted by Gasteiger charge is -2.21. The molecule has 20 heavy (non-hydrogen) atoms. The number of pyridine rings is 1. The van der Waals surface area contributed by atoms with Crippen LogP contribution in [0.5, 0.6) is 0 Å². The van der Waals surface area contributed by atoms with E-state index in [9.17, 15) is 4.79 Å². The Hall–Kier alpha value is -1.81. The summed E-state index contributed by atoms with van der Waals surface area (Å²) in [4.78, 5) is 19.3. The second-order valence-electron chi connectivity index (χ2n) is 4.63. The Kier molecular flexibility index (Phi) is 5.18. The maximum absolute atomic E-state index is 12.3. The summed E-state index contributed by atoms with van der Waals surface area (Å²) in [6, 6.07) is 13.9. The third-order valence-electron chi connectivity index (χ3n) is 2.92. The first-order chi connectivity index (χ1) is 9.66. The molecule has 0 spiro atoms. The fraction of sp³-hybridized carbons (Fsp3) is 0.250. The van der Waals surface area contributed by atoms with Gasteiger partial charge in [0.1, 0.15) is 0 Å². The first kappa shape index (κ1) is 14.6. The molecule has 0 unspecified atom stereocenters. The van der Waals surface area contributed by atoms with E-state index in [4.69, 9.17) is 0 Å². The zero-order valence-electron chi connectivity index (χ0n) is 11.7. The average molecular weight is 286 g/mol. The Balaban J connectivity index is 1.93. The number of hydrogen-bond donors (Lipinski definition) is 0. The molecule has 2 aromatic rings. The molecule has 1 heterocycles. The molecule has 0 N–H and O–H groups in total. The molecule has 0 saturated heterocycles. The van der Waals surface area contributed by atoms with Crippen molar-refractivity contribution in [1.29, 1.82) is 0 Å². The van der Waals surface area contributed by atoms with Crippen molar-refractivity contribution in [3.05, 3.63) is 60.4 Å². The second kappa shape index (κ2) is 7.10. The predicted octanol–water partition coefficient (Wildman–Crippen LogP) is 3.22. The van der Waals surface area contributed by atoms with E-state index in [0.717, 1.165) is 10.5 Å². The van der Waals surface area contributed by atoms with Crippen LogP contribution < -0.4 is 0 Å². The normalized spacial score (nSPS) is 11.9. The van der Waals surface area contributed by atoms with Crippen LogP contribution in [0.25, 0.3) is 0 Å². The number of nitrogens with zero attached hydrogens (tertiary/aromatic N) is 2. The lowest BCUT2D eigenvalue weighted by Crippen LogP contribution is -2.32. The van der Waals surface area contributed by atoms with Crippen LogP contribution in [0.4, 0.5) is 0 Å². The minimum Gasteiger partial charge on any atom is -0.340 e. The summed E-state index contributed by atoms with van der Waals surface area (Å²) in [5.41, 5.74) is 1.04. The maximum Gasteiger partial charge on any atom is 0.235 e. The van der Waals surface area contributed by atoms with Crippen LogP contribution in [0.3, 0.4) is 0 Å². The highest BCUT2D eigenvalue weighted by Gasteiger charge is 2.18. The molecule has 2 rings (SSSR count). The van der Waals surface area contributed by atoms with Crippen LogP contribution in [0.15, 0.2) is 59.8 Å². The van der Waals surface area contributed by atoms with Crippen molar-refractivity contribution in [1.82, 2.24) is 9.88 Å². The third-order valence-corrected chi connectivity index (χ3v) is 4.02. The molecule has 1 aromatic heterocycles. The molecule has 0 aliphatic rings. The molecule has 4 heteroatoms. The molecule has 1 atom stereocenters. The van der Waals surface area contributed by atoms with Gasteiger partial charge in [-0.25, -0.2) is 0 Å². The quantitative estimate of drug-likeness (QED) is 0.791. The van der Waals surface area contributed by atoms with Crippen molar-refractivity contribution < 1.29 is 4.79 Å². The third kappa shape index (κ3) is 4.10. The summed E-state index contributed by atoms with van der Waals surface area (Å²) in [7, 11) is 1.83. The highest BCUT2D eigenvalue weighted by atomic mass is 32.2. The van der Waals surface area contributed by atoms with Gasteiger partial charge in [-0.15, -0.1) is 11.8 Å². The Morgan fingerprint density at radius 1 is 1.25 bits per heavy atom. The molecule has 0 radical (unpaired) electrons. The van der Waals surface area contributed by atoms with Gasteiger partial charge in [-0.05, 0) is 30.7 Å².